The molecule has 164 valence electrons. The van der Waals surface area contributed by atoms with Gasteiger partial charge in [-0.3, -0.25) is 30.3 Å². The maximum atomic E-state index is 12.0. The van der Waals surface area contributed by atoms with Crippen molar-refractivity contribution >= 4 is 46.3 Å². The number of halogens is 1. The zero-order valence-electron chi connectivity index (χ0n) is 16.2. The van der Waals surface area contributed by atoms with Crippen molar-refractivity contribution in [1.82, 2.24) is 0 Å². The Morgan fingerprint density at radius 2 is 1.42 bits per heavy atom. The van der Waals surface area contributed by atoms with Crippen molar-refractivity contribution in [1.29, 1.82) is 0 Å². The minimum atomic E-state index is -1.55. The van der Waals surface area contributed by atoms with Gasteiger partial charge in [0.25, 0.3) is 17.1 Å². The van der Waals surface area contributed by atoms with Crippen LogP contribution >= 0.6 is 11.6 Å². The highest BCUT2D eigenvalue weighted by atomic mass is 35.5. The third-order valence-electron chi connectivity index (χ3n) is 5.11. The van der Waals surface area contributed by atoms with E-state index in [1.807, 2.05) is 0 Å². The van der Waals surface area contributed by atoms with Gasteiger partial charge in [-0.2, -0.15) is 0 Å². The van der Waals surface area contributed by atoms with Crippen LogP contribution in [0.4, 0.5) is 17.1 Å². The lowest BCUT2D eigenvalue weighted by molar-refractivity contribution is -0.393. The van der Waals surface area contributed by atoms with E-state index in [1.165, 1.54) is 6.08 Å². The zero-order chi connectivity index (χ0) is 24.0. The lowest BCUT2D eigenvalue weighted by Crippen LogP contribution is -2.03. The van der Waals surface area contributed by atoms with Gasteiger partial charge in [0.2, 0.25) is 0 Å². The summed E-state index contributed by atoms with van der Waals surface area (Å²) in [5.74, 6) is -1.55. The summed E-state index contributed by atoms with van der Waals surface area (Å²) in [5, 5.41) is 44.7. The van der Waals surface area contributed by atoms with Crippen LogP contribution in [0.3, 0.4) is 0 Å². The lowest BCUT2D eigenvalue weighted by Gasteiger charge is -2.07. The van der Waals surface area contributed by atoms with Crippen molar-refractivity contribution < 1.29 is 24.7 Å². The van der Waals surface area contributed by atoms with Crippen LogP contribution in [0.2, 0.25) is 5.02 Å². The Morgan fingerprint density at radius 3 is 1.97 bits per heavy atom. The fourth-order valence-corrected chi connectivity index (χ4v) is 3.96. The molecule has 11 nitrogen and oxygen atoms in total. The highest BCUT2D eigenvalue weighted by molar-refractivity contribution is 6.32. The summed E-state index contributed by atoms with van der Waals surface area (Å²) in [4.78, 5) is 44.2. The fourth-order valence-electron chi connectivity index (χ4n) is 3.77. The molecule has 0 amide bonds. The predicted octanol–water partition coefficient (Wildman–Crippen LogP) is 5.33. The maximum Gasteiger partial charge on any atom is 0.336 e. The largest absolute Gasteiger partial charge is 0.478 e. The Hall–Kier alpha value is -4.64. The molecule has 3 aromatic carbocycles. The van der Waals surface area contributed by atoms with Gasteiger partial charge in [-0.15, -0.1) is 0 Å². The van der Waals surface area contributed by atoms with Gasteiger partial charge < -0.3 is 5.11 Å². The third-order valence-corrected chi connectivity index (χ3v) is 5.45. The molecule has 0 fully saturated rings. The number of hydrogen-bond donors (Lipinski definition) is 1. The maximum absolute atomic E-state index is 12.0. The summed E-state index contributed by atoms with van der Waals surface area (Å²) in [6, 6.07) is 10.2. The summed E-state index contributed by atoms with van der Waals surface area (Å²) < 4.78 is 0. The summed E-state index contributed by atoms with van der Waals surface area (Å²) >= 11 is 6.22. The molecule has 12 heteroatoms. The van der Waals surface area contributed by atoms with Gasteiger partial charge >= 0.3 is 5.97 Å². The first-order valence-electron chi connectivity index (χ1n) is 9.10. The van der Waals surface area contributed by atoms with E-state index in [4.69, 9.17) is 11.6 Å². The average Bonchev–Trinajstić information content (AvgIpc) is 3.07. The van der Waals surface area contributed by atoms with Crippen LogP contribution in [0.5, 0.6) is 0 Å². The van der Waals surface area contributed by atoms with E-state index in [1.54, 1.807) is 24.3 Å². The van der Waals surface area contributed by atoms with Gasteiger partial charge in [0, 0.05) is 34.3 Å². The fraction of sp³-hybridized carbons (Fsp3) is 0. The molecule has 0 saturated carbocycles. The third kappa shape index (κ3) is 3.55. The number of aromatic carboxylic acids is 1. The Balaban J connectivity index is 2.21. The SMILES string of the molecule is O=C(O)c1cc([N+](=O)[O-])cc2c1-c1c(cc([N+](=O)[O-])cc1[N+](=O)[O-])C2=Cc1ccccc1Cl. The van der Waals surface area contributed by atoms with Crippen molar-refractivity contribution in [3.63, 3.8) is 0 Å². The van der Waals surface area contributed by atoms with E-state index < -0.39 is 43.4 Å². The second-order valence-corrected chi connectivity index (χ2v) is 7.37. The topological polar surface area (TPSA) is 167 Å². The van der Waals surface area contributed by atoms with E-state index in [-0.39, 0.29) is 32.8 Å². The van der Waals surface area contributed by atoms with Crippen LogP contribution in [0.1, 0.15) is 27.0 Å². The minimum absolute atomic E-state index is 0.00572. The lowest BCUT2D eigenvalue weighted by atomic mass is 9.96. The Morgan fingerprint density at radius 1 is 0.848 bits per heavy atom. The van der Waals surface area contributed by atoms with Gasteiger partial charge in [0.1, 0.15) is 0 Å². The number of nitro groups is 3. The molecule has 1 aliphatic rings. The predicted molar refractivity (Wildman–Crippen MR) is 117 cm³/mol. The average molecular weight is 468 g/mol. The van der Waals surface area contributed by atoms with Crippen LogP contribution < -0.4 is 0 Å². The van der Waals surface area contributed by atoms with Crippen molar-refractivity contribution in [3.05, 3.63) is 106 Å². The Labute approximate surface area is 188 Å². The molecule has 0 unspecified atom stereocenters. The summed E-state index contributed by atoms with van der Waals surface area (Å²) in [7, 11) is 0. The summed E-state index contributed by atoms with van der Waals surface area (Å²) in [6.07, 6.45) is 1.45. The molecule has 0 heterocycles. The standard InChI is InChI=1S/C21H10ClN3O8/c22-17-4-2-1-3-10(17)5-13-14-6-11(23(28)29)8-16(21(26)27)19(14)20-15(13)7-12(24(30)31)9-18(20)25(32)33/h1-9H,(H,26,27). The highest BCUT2D eigenvalue weighted by Gasteiger charge is 2.38. The van der Waals surface area contributed by atoms with Crippen LogP contribution in [-0.2, 0) is 0 Å². The molecular formula is C21H10ClN3O8. The van der Waals surface area contributed by atoms with E-state index in [0.717, 1.165) is 24.3 Å². The number of carbonyl (C=O) groups is 1. The number of benzene rings is 3. The summed E-state index contributed by atoms with van der Waals surface area (Å²) in [5.41, 5.74) is -2.13. The van der Waals surface area contributed by atoms with Gasteiger partial charge in [-0.1, -0.05) is 29.8 Å². The van der Waals surface area contributed by atoms with Gasteiger partial charge in [0.15, 0.2) is 0 Å². The number of nitro benzene ring substituents is 3. The molecule has 0 bridgehead atoms. The molecule has 0 aromatic heterocycles. The normalized spacial score (nSPS) is 12.8. The molecule has 0 spiro atoms. The zero-order valence-corrected chi connectivity index (χ0v) is 17.0. The van der Waals surface area contributed by atoms with Gasteiger partial charge in [-0.05, 0) is 28.8 Å². The molecule has 33 heavy (non-hydrogen) atoms. The van der Waals surface area contributed by atoms with Crippen molar-refractivity contribution in [3.8, 4) is 11.1 Å². The monoisotopic (exact) mass is 467 g/mol. The van der Waals surface area contributed by atoms with Gasteiger partial charge in [0.05, 0.1) is 32.0 Å². The number of non-ortho nitro benzene ring substituents is 2. The van der Waals surface area contributed by atoms with Crippen LogP contribution in [0.15, 0.2) is 48.5 Å². The molecule has 0 atom stereocenters. The molecule has 0 radical (unpaired) electrons. The molecule has 0 saturated heterocycles. The Bertz CT molecular complexity index is 1360. The Kier molecular flexibility index (Phi) is 5.10. The quantitative estimate of drug-likeness (QED) is 0.303. The van der Waals surface area contributed by atoms with E-state index in [9.17, 15) is 40.2 Å². The van der Waals surface area contributed by atoms with Crippen molar-refractivity contribution in [2.75, 3.05) is 0 Å². The molecule has 1 aliphatic carbocycles. The smallest absolute Gasteiger partial charge is 0.336 e. The van der Waals surface area contributed by atoms with Crippen LogP contribution in [0.25, 0.3) is 22.8 Å². The number of hydrogen-bond acceptors (Lipinski definition) is 7. The highest BCUT2D eigenvalue weighted by Crippen LogP contribution is 2.53. The van der Waals surface area contributed by atoms with E-state index >= 15 is 0 Å². The van der Waals surface area contributed by atoms with Crippen molar-refractivity contribution in [2.45, 2.75) is 0 Å². The number of carboxylic acid groups (broad SMARTS) is 1. The molecule has 0 aliphatic heterocycles. The van der Waals surface area contributed by atoms with E-state index in [0.29, 0.717) is 5.56 Å². The van der Waals surface area contributed by atoms with Gasteiger partial charge in [-0.25, -0.2) is 4.79 Å². The second-order valence-electron chi connectivity index (χ2n) is 6.96. The number of rotatable bonds is 5. The number of fused-ring (bicyclic) bond motifs is 3. The van der Waals surface area contributed by atoms with E-state index in [2.05, 4.69) is 0 Å². The first kappa shape index (κ1) is 21.6. The molecule has 4 rings (SSSR count). The van der Waals surface area contributed by atoms with Crippen LogP contribution in [0, 0.1) is 30.3 Å². The molecular weight excluding hydrogens is 458 g/mol. The second kappa shape index (κ2) is 7.80. The number of carboxylic acids is 1. The number of nitrogens with zero attached hydrogens (tertiary/aromatic N) is 3. The summed E-state index contributed by atoms with van der Waals surface area (Å²) in [6.45, 7) is 0. The first-order chi connectivity index (χ1) is 15.6. The first-order valence-corrected chi connectivity index (χ1v) is 9.48. The molecule has 3 aromatic rings. The van der Waals surface area contributed by atoms with Crippen molar-refractivity contribution in [2.24, 2.45) is 0 Å². The minimum Gasteiger partial charge on any atom is -0.478 e. The molecule has 1 N–H and O–H groups in total. The van der Waals surface area contributed by atoms with Crippen LogP contribution in [-0.4, -0.2) is 25.8 Å².